The van der Waals surface area contributed by atoms with E-state index < -0.39 is 15.8 Å². The first-order valence-corrected chi connectivity index (χ1v) is 11.0. The van der Waals surface area contributed by atoms with Crippen LogP contribution in [0.3, 0.4) is 0 Å². The third kappa shape index (κ3) is 3.71. The highest BCUT2D eigenvalue weighted by molar-refractivity contribution is 7.89. The number of rotatable bonds is 4. The Balaban J connectivity index is 1.56. The number of nitrogens with zero attached hydrogens (tertiary/aromatic N) is 1. The van der Waals surface area contributed by atoms with Gasteiger partial charge in [0.2, 0.25) is 10.0 Å². The van der Waals surface area contributed by atoms with Gasteiger partial charge in [-0.05, 0) is 65.4 Å². The molecule has 0 saturated carbocycles. The van der Waals surface area contributed by atoms with Gasteiger partial charge in [-0.2, -0.15) is 4.31 Å². The molecule has 0 atom stereocenters. The fourth-order valence-electron chi connectivity index (χ4n) is 3.17. The number of fused-ring (bicyclic) bond motifs is 1. The summed E-state index contributed by atoms with van der Waals surface area (Å²) in [5, 5.41) is 4.68. The van der Waals surface area contributed by atoms with Gasteiger partial charge >= 0.3 is 0 Å². The minimum absolute atomic E-state index is 0.0690. The van der Waals surface area contributed by atoms with E-state index in [1.807, 2.05) is 29.6 Å². The molecule has 0 fully saturated rings. The zero-order valence-corrected chi connectivity index (χ0v) is 16.4. The molecule has 8 heteroatoms. The minimum Gasteiger partial charge on any atom is -0.321 e. The quantitative estimate of drug-likeness (QED) is 0.702. The predicted molar refractivity (Wildman–Crippen MR) is 106 cm³/mol. The third-order valence-corrected chi connectivity index (χ3v) is 7.37. The van der Waals surface area contributed by atoms with Gasteiger partial charge in [0.25, 0.3) is 5.91 Å². The van der Waals surface area contributed by atoms with E-state index in [9.17, 15) is 17.6 Å². The first kappa shape index (κ1) is 18.8. The molecule has 0 spiro atoms. The van der Waals surface area contributed by atoms with E-state index in [4.69, 9.17) is 0 Å². The highest BCUT2D eigenvalue weighted by atomic mass is 32.2. The van der Waals surface area contributed by atoms with Crippen LogP contribution in [-0.4, -0.2) is 25.2 Å². The van der Waals surface area contributed by atoms with Crippen molar-refractivity contribution in [2.75, 3.05) is 11.9 Å². The van der Waals surface area contributed by atoms with Gasteiger partial charge < -0.3 is 5.32 Å². The van der Waals surface area contributed by atoms with Crippen molar-refractivity contribution in [3.63, 3.8) is 0 Å². The molecule has 28 heavy (non-hydrogen) atoms. The largest absolute Gasteiger partial charge is 0.321 e. The van der Waals surface area contributed by atoms with Crippen LogP contribution in [0.15, 0.2) is 64.9 Å². The van der Waals surface area contributed by atoms with Gasteiger partial charge in [0, 0.05) is 18.8 Å². The van der Waals surface area contributed by atoms with Crippen LogP contribution in [0.4, 0.5) is 10.1 Å². The van der Waals surface area contributed by atoms with E-state index >= 15 is 0 Å². The predicted octanol–water partition coefficient (Wildman–Crippen LogP) is 3.89. The van der Waals surface area contributed by atoms with Gasteiger partial charge in [0.05, 0.1) is 9.77 Å². The second kappa shape index (κ2) is 7.46. The van der Waals surface area contributed by atoms with E-state index in [2.05, 4.69) is 5.32 Å². The Hall–Kier alpha value is -2.55. The Bertz CT molecular complexity index is 1110. The van der Waals surface area contributed by atoms with Crippen LogP contribution in [0.1, 0.15) is 20.8 Å². The maximum atomic E-state index is 13.1. The highest BCUT2D eigenvalue weighted by Gasteiger charge is 2.28. The SMILES string of the molecule is O=C(Nc1ccc2c(c1)CN(S(=O)(=O)c1ccc(F)cc1)CC2)c1cccs1. The number of nitrogens with one attached hydrogen (secondary N) is 1. The van der Waals surface area contributed by atoms with Crippen molar-refractivity contribution in [1.29, 1.82) is 0 Å². The van der Waals surface area contributed by atoms with Crippen molar-refractivity contribution in [2.24, 2.45) is 0 Å². The molecule has 1 amide bonds. The van der Waals surface area contributed by atoms with Gasteiger partial charge in [-0.1, -0.05) is 12.1 Å². The fraction of sp³-hybridized carbons (Fsp3) is 0.150. The number of halogens is 1. The average molecular weight is 416 g/mol. The number of hydrogen-bond acceptors (Lipinski definition) is 4. The second-order valence-electron chi connectivity index (χ2n) is 6.46. The maximum Gasteiger partial charge on any atom is 0.265 e. The standard InChI is InChI=1S/C20H17FN2O3S2/c21-16-4-7-18(8-5-16)28(25,26)23-10-9-14-3-6-17(12-15(14)13-23)22-20(24)19-2-1-11-27-19/h1-8,11-12H,9-10,13H2,(H,22,24). The number of thiophene rings is 1. The summed E-state index contributed by atoms with van der Waals surface area (Å²) in [6, 6.07) is 13.9. The Morgan fingerprint density at radius 2 is 1.86 bits per heavy atom. The second-order valence-corrected chi connectivity index (χ2v) is 9.34. The fourth-order valence-corrected chi connectivity index (χ4v) is 5.21. The van der Waals surface area contributed by atoms with Crippen LogP contribution in [0, 0.1) is 5.82 Å². The van der Waals surface area contributed by atoms with Gasteiger partial charge in [-0.25, -0.2) is 12.8 Å². The molecule has 0 radical (unpaired) electrons. The van der Waals surface area contributed by atoms with Crippen LogP contribution in [0.5, 0.6) is 0 Å². The van der Waals surface area contributed by atoms with Crippen LogP contribution < -0.4 is 5.32 Å². The minimum atomic E-state index is -3.71. The maximum absolute atomic E-state index is 13.1. The molecule has 1 aliphatic rings. The Morgan fingerprint density at radius 3 is 2.57 bits per heavy atom. The Labute approximate surface area is 166 Å². The number of benzene rings is 2. The van der Waals surface area contributed by atoms with Crippen LogP contribution in [0.2, 0.25) is 0 Å². The number of carbonyl (C=O) groups excluding carboxylic acids is 1. The monoisotopic (exact) mass is 416 g/mol. The lowest BCUT2D eigenvalue weighted by Gasteiger charge is -2.28. The summed E-state index contributed by atoms with van der Waals surface area (Å²) in [5.74, 6) is -0.671. The summed E-state index contributed by atoms with van der Waals surface area (Å²) in [6.45, 7) is 0.561. The first-order valence-electron chi connectivity index (χ1n) is 8.66. The molecule has 1 aliphatic heterocycles. The molecule has 5 nitrogen and oxygen atoms in total. The Kier molecular flexibility index (Phi) is 5.01. The van der Waals surface area contributed by atoms with Gasteiger partial charge in [-0.3, -0.25) is 4.79 Å². The van der Waals surface area contributed by atoms with E-state index in [0.717, 1.165) is 23.3 Å². The zero-order valence-electron chi connectivity index (χ0n) is 14.8. The van der Waals surface area contributed by atoms with Crippen molar-refractivity contribution in [3.8, 4) is 0 Å². The summed E-state index contributed by atoms with van der Waals surface area (Å²) < 4.78 is 40.2. The lowest BCUT2D eigenvalue weighted by Crippen LogP contribution is -2.36. The van der Waals surface area contributed by atoms with Crippen LogP contribution in [-0.2, 0) is 23.0 Å². The smallest absolute Gasteiger partial charge is 0.265 e. The first-order chi connectivity index (χ1) is 13.4. The zero-order chi connectivity index (χ0) is 19.7. The summed E-state index contributed by atoms with van der Waals surface area (Å²) in [6.07, 6.45) is 0.578. The number of anilines is 1. The molecule has 1 N–H and O–H groups in total. The van der Waals surface area contributed by atoms with E-state index in [1.165, 1.54) is 27.8 Å². The van der Waals surface area contributed by atoms with E-state index in [1.54, 1.807) is 6.07 Å². The molecule has 1 aromatic heterocycles. The van der Waals surface area contributed by atoms with Crippen molar-refractivity contribution in [1.82, 2.24) is 4.31 Å². The molecular weight excluding hydrogens is 399 g/mol. The molecule has 3 aromatic rings. The molecule has 2 aromatic carbocycles. The molecule has 144 valence electrons. The van der Waals surface area contributed by atoms with Crippen molar-refractivity contribution < 1.29 is 17.6 Å². The lowest BCUT2D eigenvalue weighted by molar-refractivity contribution is 0.103. The molecular formula is C20H17FN2O3S2. The van der Waals surface area contributed by atoms with Crippen molar-refractivity contribution in [3.05, 3.63) is 81.8 Å². The molecule has 0 bridgehead atoms. The highest BCUT2D eigenvalue weighted by Crippen LogP contribution is 2.27. The molecule has 0 unspecified atom stereocenters. The third-order valence-electron chi connectivity index (χ3n) is 4.64. The average Bonchev–Trinajstić information content (AvgIpc) is 3.23. The number of hydrogen-bond donors (Lipinski definition) is 1. The molecule has 0 aliphatic carbocycles. The summed E-state index contributed by atoms with van der Waals surface area (Å²) in [7, 11) is -3.71. The topological polar surface area (TPSA) is 66.5 Å². The summed E-state index contributed by atoms with van der Waals surface area (Å²) >= 11 is 1.36. The van der Waals surface area contributed by atoms with Gasteiger partial charge in [0.1, 0.15) is 5.82 Å². The van der Waals surface area contributed by atoms with Gasteiger partial charge in [0.15, 0.2) is 0 Å². The lowest BCUT2D eigenvalue weighted by atomic mass is 10.0. The number of sulfonamides is 1. The van der Waals surface area contributed by atoms with Gasteiger partial charge in [-0.15, -0.1) is 11.3 Å². The van der Waals surface area contributed by atoms with E-state index in [0.29, 0.717) is 23.5 Å². The molecule has 2 heterocycles. The van der Waals surface area contributed by atoms with E-state index in [-0.39, 0.29) is 17.3 Å². The van der Waals surface area contributed by atoms with Crippen molar-refractivity contribution in [2.45, 2.75) is 17.9 Å². The number of carbonyl (C=O) groups is 1. The van der Waals surface area contributed by atoms with Crippen LogP contribution >= 0.6 is 11.3 Å². The number of amides is 1. The Morgan fingerprint density at radius 1 is 1.07 bits per heavy atom. The summed E-state index contributed by atoms with van der Waals surface area (Å²) in [5.41, 5.74) is 2.53. The molecule has 0 saturated heterocycles. The summed E-state index contributed by atoms with van der Waals surface area (Å²) in [4.78, 5) is 12.9. The molecule has 4 rings (SSSR count). The normalized spacial score (nSPS) is 14.5. The van der Waals surface area contributed by atoms with Crippen LogP contribution in [0.25, 0.3) is 0 Å². The van der Waals surface area contributed by atoms with Crippen molar-refractivity contribution >= 4 is 33.0 Å².